The van der Waals surface area contributed by atoms with Gasteiger partial charge in [0.15, 0.2) is 6.71 Å². The van der Waals surface area contributed by atoms with Crippen LogP contribution in [0.3, 0.4) is 0 Å². The lowest BCUT2D eigenvalue weighted by atomic mass is 9.33. The third-order valence-corrected chi connectivity index (χ3v) is 4.94. The number of hydrogen-bond donors (Lipinski definition) is 0. The Kier molecular flexibility index (Phi) is 5.10. The molecule has 0 radical (unpaired) electrons. The number of rotatable bonds is 5. The Morgan fingerprint density at radius 1 is 0.773 bits per heavy atom. The van der Waals surface area contributed by atoms with Crippen molar-refractivity contribution in [3.63, 3.8) is 0 Å². The molecule has 0 bridgehead atoms. The largest absolute Gasteiger partial charge is 0.300 e. The van der Waals surface area contributed by atoms with Gasteiger partial charge >= 0.3 is 0 Å². The van der Waals surface area contributed by atoms with Gasteiger partial charge < -0.3 is 0 Å². The highest BCUT2D eigenvalue weighted by Gasteiger charge is 2.29. The second-order valence-electron chi connectivity index (χ2n) is 6.52. The predicted molar refractivity (Wildman–Crippen MR) is 93.3 cm³/mol. The van der Waals surface area contributed by atoms with Crippen LogP contribution in [0.4, 0.5) is 0 Å². The second-order valence-corrected chi connectivity index (χ2v) is 6.52. The van der Waals surface area contributed by atoms with Crippen molar-refractivity contribution in [2.75, 3.05) is 0 Å². The first-order valence-electron chi connectivity index (χ1n) is 8.41. The molecule has 3 rings (SSSR count). The number of benzene rings is 2. The Hall–Kier alpha value is -1.83. The highest BCUT2D eigenvalue weighted by molar-refractivity contribution is 6.59. The summed E-state index contributed by atoms with van der Waals surface area (Å²) in [5.41, 5.74) is 2.83. The highest BCUT2D eigenvalue weighted by Crippen LogP contribution is 2.32. The van der Waals surface area contributed by atoms with Crippen LogP contribution >= 0.6 is 0 Å². The van der Waals surface area contributed by atoms with E-state index in [2.05, 4.69) is 60.7 Å². The molecule has 22 heavy (non-hydrogen) atoms. The summed E-state index contributed by atoms with van der Waals surface area (Å²) in [6.07, 6.45) is 5.95. The van der Waals surface area contributed by atoms with Crippen molar-refractivity contribution in [3.8, 4) is 0 Å². The molecule has 0 aliphatic heterocycles. The quantitative estimate of drug-likeness (QED) is 0.738. The third kappa shape index (κ3) is 4.10. The molecule has 2 heteroatoms. The first-order chi connectivity index (χ1) is 10.8. The smallest absolute Gasteiger partial charge is 0.152 e. The van der Waals surface area contributed by atoms with E-state index in [4.69, 9.17) is 0 Å². The maximum absolute atomic E-state index is 11.5. The SMILES string of the molecule is O=C1CCC(B(Cc2ccccc2)Cc2ccccc2)CC1. The van der Waals surface area contributed by atoms with E-state index in [0.29, 0.717) is 18.3 Å². The molecule has 0 amide bonds. The standard InChI is InChI=1S/C20H23BO/c22-20-13-11-19(12-14-20)21(15-17-7-3-1-4-8-17)16-18-9-5-2-6-10-18/h1-10,19H,11-16H2. The Balaban J connectivity index is 1.74. The van der Waals surface area contributed by atoms with E-state index in [-0.39, 0.29) is 0 Å². The van der Waals surface area contributed by atoms with Crippen LogP contribution in [0, 0.1) is 0 Å². The van der Waals surface area contributed by atoms with E-state index in [9.17, 15) is 4.79 Å². The van der Waals surface area contributed by atoms with Crippen molar-refractivity contribution < 1.29 is 4.79 Å². The molecule has 0 aromatic heterocycles. The van der Waals surface area contributed by atoms with Gasteiger partial charge in [-0.3, -0.25) is 4.79 Å². The fourth-order valence-electron chi connectivity index (χ4n) is 3.67. The van der Waals surface area contributed by atoms with Gasteiger partial charge in [0.2, 0.25) is 0 Å². The van der Waals surface area contributed by atoms with Gasteiger partial charge in [0, 0.05) is 12.8 Å². The van der Waals surface area contributed by atoms with Crippen LogP contribution in [0.2, 0.25) is 5.82 Å². The Labute approximate surface area is 133 Å². The zero-order chi connectivity index (χ0) is 15.2. The van der Waals surface area contributed by atoms with Crippen LogP contribution in [-0.4, -0.2) is 12.5 Å². The number of Topliss-reactive ketones (excluding diaryl/α,β-unsaturated/α-hetero) is 1. The van der Waals surface area contributed by atoms with Crippen LogP contribution in [0.5, 0.6) is 0 Å². The molecule has 1 aliphatic carbocycles. The lowest BCUT2D eigenvalue weighted by Crippen LogP contribution is -2.30. The normalized spacial score (nSPS) is 15.7. The number of hydrogen-bond acceptors (Lipinski definition) is 1. The van der Waals surface area contributed by atoms with Crippen molar-refractivity contribution in [1.29, 1.82) is 0 Å². The first-order valence-corrected chi connectivity index (χ1v) is 8.41. The lowest BCUT2D eigenvalue weighted by Gasteiger charge is -2.28. The summed E-state index contributed by atoms with van der Waals surface area (Å²) >= 11 is 0. The molecule has 0 N–H and O–H groups in total. The average molecular weight is 290 g/mol. The van der Waals surface area contributed by atoms with Gasteiger partial charge in [-0.05, 0) is 12.6 Å². The molecule has 0 saturated heterocycles. The highest BCUT2D eigenvalue weighted by atomic mass is 16.1. The molecule has 1 nitrogen and oxygen atoms in total. The molecule has 112 valence electrons. The molecule has 0 spiro atoms. The van der Waals surface area contributed by atoms with Gasteiger partial charge in [-0.25, -0.2) is 0 Å². The maximum Gasteiger partial charge on any atom is 0.152 e. The van der Waals surface area contributed by atoms with Crippen LogP contribution in [0.15, 0.2) is 60.7 Å². The van der Waals surface area contributed by atoms with E-state index in [0.717, 1.165) is 38.3 Å². The maximum atomic E-state index is 11.5. The predicted octanol–water partition coefficient (Wildman–Crippen LogP) is 4.56. The van der Waals surface area contributed by atoms with Crippen LogP contribution < -0.4 is 0 Å². The number of carbonyl (C=O) groups excluding carboxylic acids is 1. The third-order valence-electron chi connectivity index (χ3n) is 4.94. The minimum Gasteiger partial charge on any atom is -0.300 e. The summed E-state index contributed by atoms with van der Waals surface area (Å²) in [6.45, 7) is 0.637. The Bertz CT molecular complexity index is 542. The van der Waals surface area contributed by atoms with Gasteiger partial charge in [0.1, 0.15) is 5.78 Å². The van der Waals surface area contributed by atoms with E-state index >= 15 is 0 Å². The van der Waals surface area contributed by atoms with E-state index in [1.165, 1.54) is 11.1 Å². The van der Waals surface area contributed by atoms with Crippen LogP contribution in [0.25, 0.3) is 0 Å². The summed E-state index contributed by atoms with van der Waals surface area (Å²) in [7, 11) is 0. The molecule has 2 aromatic rings. The zero-order valence-corrected chi connectivity index (χ0v) is 13.1. The lowest BCUT2D eigenvalue weighted by molar-refractivity contribution is -0.120. The minimum absolute atomic E-state index is 0.453. The molecule has 1 aliphatic rings. The first kappa shape index (κ1) is 15.1. The second kappa shape index (κ2) is 7.44. The van der Waals surface area contributed by atoms with E-state index in [1.54, 1.807) is 0 Å². The molecule has 2 aromatic carbocycles. The van der Waals surface area contributed by atoms with Gasteiger partial charge in [-0.1, -0.05) is 90.4 Å². The van der Waals surface area contributed by atoms with Crippen molar-refractivity contribution in [1.82, 2.24) is 0 Å². The van der Waals surface area contributed by atoms with Crippen molar-refractivity contribution in [3.05, 3.63) is 71.8 Å². The zero-order valence-electron chi connectivity index (χ0n) is 13.1. The summed E-state index contributed by atoms with van der Waals surface area (Å²) in [4.78, 5) is 11.5. The summed E-state index contributed by atoms with van der Waals surface area (Å²) in [6, 6.07) is 21.6. The van der Waals surface area contributed by atoms with Gasteiger partial charge in [-0.2, -0.15) is 0 Å². The van der Waals surface area contributed by atoms with Gasteiger partial charge in [0.25, 0.3) is 0 Å². The average Bonchev–Trinajstić information content (AvgIpc) is 2.57. The van der Waals surface area contributed by atoms with Crippen molar-refractivity contribution >= 4 is 12.5 Å². The number of carbonyl (C=O) groups is 1. The monoisotopic (exact) mass is 290 g/mol. The van der Waals surface area contributed by atoms with Crippen LogP contribution in [-0.2, 0) is 17.4 Å². The van der Waals surface area contributed by atoms with E-state index < -0.39 is 0 Å². The molecule has 1 saturated carbocycles. The fraction of sp³-hybridized carbons (Fsp3) is 0.350. The van der Waals surface area contributed by atoms with Gasteiger partial charge in [0.05, 0.1) is 0 Å². The molecule has 0 heterocycles. The summed E-state index contributed by atoms with van der Waals surface area (Å²) in [5.74, 6) is 1.13. The Morgan fingerprint density at radius 3 is 1.68 bits per heavy atom. The van der Waals surface area contributed by atoms with E-state index in [1.807, 2.05) is 0 Å². The number of ketones is 1. The van der Waals surface area contributed by atoms with Gasteiger partial charge in [-0.15, -0.1) is 0 Å². The van der Waals surface area contributed by atoms with Crippen LogP contribution in [0.1, 0.15) is 36.8 Å². The fourth-order valence-corrected chi connectivity index (χ4v) is 3.67. The molecular formula is C20H23BO. The Morgan fingerprint density at radius 2 is 1.23 bits per heavy atom. The topological polar surface area (TPSA) is 17.1 Å². The molecule has 0 unspecified atom stereocenters. The minimum atomic E-state index is 0.453. The summed E-state index contributed by atoms with van der Waals surface area (Å²) in [5, 5.41) is 0. The molecule has 1 fully saturated rings. The molecular weight excluding hydrogens is 267 g/mol. The van der Waals surface area contributed by atoms with Crippen molar-refractivity contribution in [2.45, 2.75) is 44.1 Å². The molecule has 0 atom stereocenters. The van der Waals surface area contributed by atoms with Crippen molar-refractivity contribution in [2.24, 2.45) is 0 Å². The summed E-state index contributed by atoms with van der Waals surface area (Å²) < 4.78 is 0.